The van der Waals surface area contributed by atoms with Gasteiger partial charge in [0, 0.05) is 30.9 Å². The van der Waals surface area contributed by atoms with Gasteiger partial charge in [0.25, 0.3) is 0 Å². The van der Waals surface area contributed by atoms with E-state index in [1.54, 1.807) is 6.20 Å². The summed E-state index contributed by atoms with van der Waals surface area (Å²) >= 11 is 0. The summed E-state index contributed by atoms with van der Waals surface area (Å²) in [4.78, 5) is 6.70. The van der Waals surface area contributed by atoms with E-state index in [-0.39, 0.29) is 5.75 Å². The lowest BCUT2D eigenvalue weighted by atomic mass is 9.84. The Hall–Kier alpha value is -2.12. The SMILES string of the molecule is FC(F)(F)c1cccc(Oc2ncccc2CN[C@@H]2CN3CCC2CC3)c1. The smallest absolute Gasteiger partial charge is 0.416 e. The molecule has 0 aliphatic carbocycles. The molecule has 4 heterocycles. The van der Waals surface area contributed by atoms with Crippen molar-refractivity contribution in [3.63, 3.8) is 0 Å². The Balaban J connectivity index is 1.45. The molecule has 3 aliphatic rings. The van der Waals surface area contributed by atoms with Gasteiger partial charge in [-0.3, -0.25) is 0 Å². The molecule has 0 amide bonds. The molecule has 2 aromatic rings. The fourth-order valence-corrected chi connectivity index (χ4v) is 3.94. The van der Waals surface area contributed by atoms with Gasteiger partial charge in [0.05, 0.1) is 5.56 Å². The summed E-state index contributed by atoms with van der Waals surface area (Å²) in [5, 5.41) is 3.59. The first-order valence-corrected chi connectivity index (χ1v) is 9.24. The highest BCUT2D eigenvalue weighted by atomic mass is 19.4. The maximum Gasteiger partial charge on any atom is 0.416 e. The van der Waals surface area contributed by atoms with Crippen molar-refractivity contribution in [2.24, 2.45) is 5.92 Å². The molecule has 27 heavy (non-hydrogen) atoms. The van der Waals surface area contributed by atoms with Crippen molar-refractivity contribution in [1.29, 1.82) is 0 Å². The second-order valence-electron chi connectivity index (χ2n) is 7.22. The molecule has 1 atom stereocenters. The van der Waals surface area contributed by atoms with Crippen molar-refractivity contribution >= 4 is 0 Å². The third-order valence-corrected chi connectivity index (χ3v) is 5.44. The van der Waals surface area contributed by atoms with Crippen LogP contribution in [0.1, 0.15) is 24.0 Å². The fraction of sp³-hybridized carbons (Fsp3) is 0.450. The van der Waals surface area contributed by atoms with Gasteiger partial charge in [-0.1, -0.05) is 12.1 Å². The number of rotatable bonds is 5. The highest BCUT2D eigenvalue weighted by Crippen LogP contribution is 2.33. The van der Waals surface area contributed by atoms with E-state index in [2.05, 4.69) is 15.2 Å². The third-order valence-electron chi connectivity index (χ3n) is 5.44. The molecule has 1 aromatic carbocycles. The molecule has 0 unspecified atom stereocenters. The average molecular weight is 377 g/mol. The molecular weight excluding hydrogens is 355 g/mol. The molecule has 1 N–H and O–H groups in total. The number of pyridine rings is 1. The lowest BCUT2D eigenvalue weighted by Gasteiger charge is -2.45. The highest BCUT2D eigenvalue weighted by molar-refractivity contribution is 5.35. The second kappa shape index (κ2) is 7.48. The molecule has 0 spiro atoms. The highest BCUT2D eigenvalue weighted by Gasteiger charge is 2.34. The van der Waals surface area contributed by atoms with E-state index in [4.69, 9.17) is 4.74 Å². The van der Waals surface area contributed by atoms with Crippen molar-refractivity contribution in [3.05, 3.63) is 53.7 Å². The number of nitrogens with one attached hydrogen (secondary N) is 1. The van der Waals surface area contributed by atoms with Crippen molar-refractivity contribution < 1.29 is 17.9 Å². The van der Waals surface area contributed by atoms with Crippen LogP contribution in [0.3, 0.4) is 0 Å². The fourth-order valence-electron chi connectivity index (χ4n) is 3.94. The van der Waals surface area contributed by atoms with Crippen LogP contribution >= 0.6 is 0 Å². The number of ether oxygens (including phenoxy) is 1. The van der Waals surface area contributed by atoms with E-state index in [1.807, 2.05) is 12.1 Å². The maximum absolute atomic E-state index is 12.9. The van der Waals surface area contributed by atoms with Crippen LogP contribution in [0.15, 0.2) is 42.6 Å². The Morgan fingerprint density at radius 2 is 1.96 bits per heavy atom. The summed E-state index contributed by atoms with van der Waals surface area (Å²) in [5.74, 6) is 1.16. The number of benzene rings is 1. The first-order valence-electron chi connectivity index (χ1n) is 9.24. The number of alkyl halides is 3. The largest absolute Gasteiger partial charge is 0.439 e. The molecular formula is C20H22F3N3O. The number of hydrogen-bond donors (Lipinski definition) is 1. The Morgan fingerprint density at radius 3 is 2.67 bits per heavy atom. The van der Waals surface area contributed by atoms with E-state index < -0.39 is 11.7 Å². The zero-order chi connectivity index (χ0) is 18.9. The lowest BCUT2D eigenvalue weighted by molar-refractivity contribution is -0.137. The number of halogens is 3. The van der Waals surface area contributed by atoms with Gasteiger partial charge in [0.1, 0.15) is 5.75 Å². The van der Waals surface area contributed by atoms with Crippen LogP contribution in [-0.4, -0.2) is 35.6 Å². The predicted octanol–water partition coefficient (Wildman–Crippen LogP) is 4.08. The molecule has 144 valence electrons. The number of aromatic nitrogens is 1. The summed E-state index contributed by atoms with van der Waals surface area (Å²) < 4.78 is 44.4. The Labute approximate surface area is 156 Å². The number of piperidine rings is 3. The van der Waals surface area contributed by atoms with Crippen molar-refractivity contribution in [3.8, 4) is 11.6 Å². The minimum absolute atomic E-state index is 0.132. The minimum atomic E-state index is -4.40. The lowest BCUT2D eigenvalue weighted by Crippen LogP contribution is -2.55. The standard InChI is InChI=1S/C20H22F3N3O/c21-20(22,23)16-4-1-5-17(11-16)27-19-15(3-2-8-24-19)12-25-18-13-26-9-6-14(18)7-10-26/h1-5,8,11,14,18,25H,6-7,9-10,12-13H2/t18-/m1/s1. The Kier molecular flexibility index (Phi) is 5.06. The quantitative estimate of drug-likeness (QED) is 0.852. The van der Waals surface area contributed by atoms with Gasteiger partial charge in [-0.2, -0.15) is 13.2 Å². The Bertz CT molecular complexity index is 788. The molecule has 4 nitrogen and oxygen atoms in total. The van der Waals surface area contributed by atoms with Crippen LogP contribution in [0.5, 0.6) is 11.6 Å². The van der Waals surface area contributed by atoms with Gasteiger partial charge in [-0.05, 0) is 56.1 Å². The summed E-state index contributed by atoms with van der Waals surface area (Å²) in [7, 11) is 0. The zero-order valence-corrected chi connectivity index (χ0v) is 14.9. The van der Waals surface area contributed by atoms with E-state index in [9.17, 15) is 13.2 Å². The topological polar surface area (TPSA) is 37.4 Å². The van der Waals surface area contributed by atoms with Crippen LogP contribution < -0.4 is 10.1 Å². The monoisotopic (exact) mass is 377 g/mol. The zero-order valence-electron chi connectivity index (χ0n) is 14.9. The van der Waals surface area contributed by atoms with E-state index in [0.717, 1.165) is 24.2 Å². The normalized spacial score (nSPS) is 24.8. The maximum atomic E-state index is 12.9. The van der Waals surface area contributed by atoms with Crippen molar-refractivity contribution in [2.75, 3.05) is 19.6 Å². The van der Waals surface area contributed by atoms with Gasteiger partial charge >= 0.3 is 6.18 Å². The van der Waals surface area contributed by atoms with Gasteiger partial charge < -0.3 is 15.0 Å². The van der Waals surface area contributed by atoms with Crippen LogP contribution in [0.25, 0.3) is 0 Å². The molecule has 0 radical (unpaired) electrons. The van der Waals surface area contributed by atoms with Crippen LogP contribution in [0, 0.1) is 5.92 Å². The van der Waals surface area contributed by atoms with Crippen molar-refractivity contribution in [1.82, 2.24) is 15.2 Å². The molecule has 5 rings (SSSR count). The number of nitrogens with zero attached hydrogens (tertiary/aromatic N) is 2. The van der Waals surface area contributed by atoms with Gasteiger partial charge in [-0.15, -0.1) is 0 Å². The molecule has 3 saturated heterocycles. The van der Waals surface area contributed by atoms with Crippen LogP contribution in [-0.2, 0) is 12.7 Å². The van der Waals surface area contributed by atoms with Crippen LogP contribution in [0.2, 0.25) is 0 Å². The number of fused-ring (bicyclic) bond motifs is 3. The first-order chi connectivity index (χ1) is 13.0. The minimum Gasteiger partial charge on any atom is -0.439 e. The summed E-state index contributed by atoms with van der Waals surface area (Å²) in [6.45, 7) is 3.99. The molecule has 2 bridgehead atoms. The van der Waals surface area contributed by atoms with Crippen LogP contribution in [0.4, 0.5) is 13.2 Å². The van der Waals surface area contributed by atoms with Crippen molar-refractivity contribution in [2.45, 2.75) is 31.6 Å². The third kappa shape index (κ3) is 4.25. The summed E-state index contributed by atoms with van der Waals surface area (Å²) in [5.41, 5.74) is 0.106. The first kappa shape index (κ1) is 18.3. The van der Waals surface area contributed by atoms with Gasteiger partial charge in [0.15, 0.2) is 0 Å². The molecule has 0 saturated carbocycles. The second-order valence-corrected chi connectivity index (χ2v) is 7.22. The Morgan fingerprint density at radius 1 is 1.15 bits per heavy atom. The number of hydrogen-bond acceptors (Lipinski definition) is 4. The van der Waals surface area contributed by atoms with Gasteiger partial charge in [0.2, 0.25) is 5.88 Å². The molecule has 7 heteroatoms. The average Bonchev–Trinajstić information content (AvgIpc) is 2.68. The molecule has 3 aliphatic heterocycles. The van der Waals surface area contributed by atoms with E-state index in [0.29, 0.717) is 24.4 Å². The molecule has 3 fully saturated rings. The van der Waals surface area contributed by atoms with E-state index in [1.165, 1.54) is 38.1 Å². The summed E-state index contributed by atoms with van der Waals surface area (Å²) in [6.07, 6.45) is -0.374. The predicted molar refractivity (Wildman–Crippen MR) is 95.5 cm³/mol. The summed E-state index contributed by atoms with van der Waals surface area (Å²) in [6, 6.07) is 9.02. The molecule has 1 aromatic heterocycles. The van der Waals surface area contributed by atoms with E-state index >= 15 is 0 Å². The van der Waals surface area contributed by atoms with Gasteiger partial charge in [-0.25, -0.2) is 4.98 Å².